The van der Waals surface area contributed by atoms with Crippen LogP contribution >= 0.6 is 11.6 Å². The molecule has 0 saturated heterocycles. The van der Waals surface area contributed by atoms with Gasteiger partial charge in [0.15, 0.2) is 0 Å². The molecule has 0 aromatic heterocycles. The largest absolute Gasteiger partial charge is 0.416 e. The van der Waals surface area contributed by atoms with Crippen LogP contribution in [0.15, 0.2) is 18.2 Å². The van der Waals surface area contributed by atoms with Gasteiger partial charge in [-0.05, 0) is 18.2 Å². The Morgan fingerprint density at radius 1 is 1.33 bits per heavy atom. The molecular formula is C9H7ClF3NO. The number of halogens is 4. The highest BCUT2D eigenvalue weighted by Crippen LogP contribution is 2.33. The van der Waals surface area contributed by atoms with Crippen molar-refractivity contribution in [3.05, 3.63) is 28.8 Å². The first-order valence-electron chi connectivity index (χ1n) is 3.94. The van der Waals surface area contributed by atoms with Crippen LogP contribution in [0.3, 0.4) is 0 Å². The van der Waals surface area contributed by atoms with Gasteiger partial charge in [-0.3, -0.25) is 4.79 Å². The van der Waals surface area contributed by atoms with Crippen LogP contribution in [0.4, 0.5) is 18.9 Å². The molecule has 15 heavy (non-hydrogen) atoms. The number of rotatable bonds is 1. The van der Waals surface area contributed by atoms with E-state index in [2.05, 4.69) is 5.32 Å². The van der Waals surface area contributed by atoms with Crippen LogP contribution in [-0.2, 0) is 11.0 Å². The second kappa shape index (κ2) is 4.10. The normalized spacial score (nSPS) is 11.3. The Bertz CT molecular complexity index is 389. The topological polar surface area (TPSA) is 29.1 Å². The van der Waals surface area contributed by atoms with Crippen molar-refractivity contribution < 1.29 is 18.0 Å². The van der Waals surface area contributed by atoms with Crippen molar-refractivity contribution >= 4 is 23.2 Å². The summed E-state index contributed by atoms with van der Waals surface area (Å²) in [6.07, 6.45) is -4.47. The van der Waals surface area contributed by atoms with Crippen molar-refractivity contribution in [3.8, 4) is 0 Å². The SMILES string of the molecule is CC(=O)Nc1cc(Cl)cc(C(F)(F)F)c1. The molecule has 0 unspecified atom stereocenters. The zero-order valence-electron chi connectivity index (χ0n) is 7.65. The Balaban J connectivity index is 3.11. The molecular weight excluding hydrogens is 231 g/mol. The molecule has 0 heterocycles. The average molecular weight is 238 g/mol. The molecule has 1 rings (SSSR count). The van der Waals surface area contributed by atoms with E-state index in [1.54, 1.807) is 0 Å². The van der Waals surface area contributed by atoms with Crippen LogP contribution in [0.25, 0.3) is 0 Å². The first kappa shape index (κ1) is 11.8. The molecule has 6 heteroatoms. The maximum Gasteiger partial charge on any atom is 0.416 e. The summed E-state index contributed by atoms with van der Waals surface area (Å²) in [6, 6.07) is 2.87. The molecule has 1 aromatic carbocycles. The lowest BCUT2D eigenvalue weighted by molar-refractivity contribution is -0.137. The summed E-state index contributed by atoms with van der Waals surface area (Å²) in [7, 11) is 0. The third-order valence-corrected chi connectivity index (χ3v) is 1.76. The van der Waals surface area contributed by atoms with Gasteiger partial charge in [0.1, 0.15) is 0 Å². The number of carbonyl (C=O) groups is 1. The average Bonchev–Trinajstić information content (AvgIpc) is 1.99. The van der Waals surface area contributed by atoms with Crippen molar-refractivity contribution in [3.63, 3.8) is 0 Å². The van der Waals surface area contributed by atoms with Crippen LogP contribution in [0, 0.1) is 0 Å². The Morgan fingerprint density at radius 3 is 2.40 bits per heavy atom. The monoisotopic (exact) mass is 237 g/mol. The van der Waals surface area contributed by atoms with Gasteiger partial charge in [0.25, 0.3) is 0 Å². The maximum absolute atomic E-state index is 12.3. The third-order valence-electron chi connectivity index (χ3n) is 1.55. The number of hydrogen-bond donors (Lipinski definition) is 1. The number of carbonyl (C=O) groups excluding carboxylic acids is 1. The number of benzene rings is 1. The van der Waals surface area contributed by atoms with Gasteiger partial charge in [-0.25, -0.2) is 0 Å². The van der Waals surface area contributed by atoms with E-state index in [1.807, 2.05) is 0 Å². The summed E-state index contributed by atoms with van der Waals surface area (Å²) >= 11 is 5.49. The quantitative estimate of drug-likeness (QED) is 0.798. The van der Waals surface area contributed by atoms with E-state index in [9.17, 15) is 18.0 Å². The van der Waals surface area contributed by atoms with Gasteiger partial charge in [0.2, 0.25) is 5.91 Å². The lowest BCUT2D eigenvalue weighted by atomic mass is 10.2. The fourth-order valence-electron chi connectivity index (χ4n) is 1.03. The molecule has 0 aliphatic carbocycles. The van der Waals surface area contributed by atoms with E-state index in [0.717, 1.165) is 12.1 Å². The summed E-state index contributed by atoms with van der Waals surface area (Å²) in [5, 5.41) is 2.16. The highest BCUT2D eigenvalue weighted by atomic mass is 35.5. The van der Waals surface area contributed by atoms with Crippen LogP contribution in [0.2, 0.25) is 5.02 Å². The summed E-state index contributed by atoms with van der Waals surface area (Å²) in [4.78, 5) is 10.6. The van der Waals surface area contributed by atoms with Gasteiger partial charge in [-0.2, -0.15) is 13.2 Å². The second-order valence-electron chi connectivity index (χ2n) is 2.91. The van der Waals surface area contributed by atoms with Crippen molar-refractivity contribution in [1.82, 2.24) is 0 Å². The lowest BCUT2D eigenvalue weighted by Crippen LogP contribution is -2.09. The van der Waals surface area contributed by atoms with E-state index < -0.39 is 17.6 Å². The molecule has 0 aliphatic rings. The lowest BCUT2D eigenvalue weighted by Gasteiger charge is -2.09. The van der Waals surface area contributed by atoms with Gasteiger partial charge in [-0.15, -0.1) is 0 Å². The Morgan fingerprint density at radius 2 is 1.93 bits per heavy atom. The van der Waals surface area contributed by atoms with E-state index in [4.69, 9.17) is 11.6 Å². The molecule has 0 saturated carbocycles. The Hall–Kier alpha value is -1.23. The summed E-state index contributed by atoms with van der Waals surface area (Å²) in [6.45, 7) is 1.20. The summed E-state index contributed by atoms with van der Waals surface area (Å²) < 4.78 is 36.9. The van der Waals surface area contributed by atoms with Crippen LogP contribution < -0.4 is 5.32 Å². The van der Waals surface area contributed by atoms with Gasteiger partial charge < -0.3 is 5.32 Å². The van der Waals surface area contributed by atoms with E-state index >= 15 is 0 Å². The molecule has 1 aromatic rings. The third kappa shape index (κ3) is 3.43. The van der Waals surface area contributed by atoms with Crippen molar-refractivity contribution in [2.24, 2.45) is 0 Å². The van der Waals surface area contributed by atoms with Crippen LogP contribution in [0.5, 0.6) is 0 Å². The Kier molecular flexibility index (Phi) is 3.24. The van der Waals surface area contributed by atoms with E-state index in [0.29, 0.717) is 0 Å². The first-order valence-corrected chi connectivity index (χ1v) is 4.32. The molecule has 0 atom stereocenters. The van der Waals surface area contributed by atoms with E-state index in [1.165, 1.54) is 13.0 Å². The van der Waals surface area contributed by atoms with Crippen LogP contribution in [-0.4, -0.2) is 5.91 Å². The van der Waals surface area contributed by atoms with Crippen molar-refractivity contribution in [2.45, 2.75) is 13.1 Å². The maximum atomic E-state index is 12.3. The number of nitrogens with one attached hydrogen (secondary N) is 1. The molecule has 0 spiro atoms. The minimum atomic E-state index is -4.47. The second-order valence-corrected chi connectivity index (χ2v) is 3.34. The molecule has 0 radical (unpaired) electrons. The molecule has 0 fully saturated rings. The Labute approximate surface area is 89.0 Å². The van der Waals surface area contributed by atoms with Gasteiger partial charge in [0.05, 0.1) is 5.56 Å². The van der Waals surface area contributed by atoms with Crippen LogP contribution in [0.1, 0.15) is 12.5 Å². The number of hydrogen-bond acceptors (Lipinski definition) is 1. The fraction of sp³-hybridized carbons (Fsp3) is 0.222. The summed E-state index contributed by atoms with van der Waals surface area (Å²) in [5.74, 6) is -0.453. The zero-order chi connectivity index (χ0) is 11.6. The van der Waals surface area contributed by atoms with Gasteiger partial charge in [-0.1, -0.05) is 11.6 Å². The summed E-state index contributed by atoms with van der Waals surface area (Å²) in [5.41, 5.74) is -0.860. The predicted molar refractivity (Wildman–Crippen MR) is 50.8 cm³/mol. The molecule has 0 bridgehead atoms. The van der Waals surface area contributed by atoms with Crippen molar-refractivity contribution in [1.29, 1.82) is 0 Å². The molecule has 1 amide bonds. The molecule has 82 valence electrons. The van der Waals surface area contributed by atoms with Gasteiger partial charge >= 0.3 is 6.18 Å². The minimum absolute atomic E-state index is 0.0299. The molecule has 2 nitrogen and oxygen atoms in total. The van der Waals surface area contributed by atoms with E-state index in [-0.39, 0.29) is 10.7 Å². The van der Waals surface area contributed by atoms with Gasteiger partial charge in [0, 0.05) is 17.6 Å². The standard InChI is InChI=1S/C9H7ClF3NO/c1-5(15)14-8-3-6(9(11,12)13)2-7(10)4-8/h2-4H,1H3,(H,14,15). The predicted octanol–water partition coefficient (Wildman–Crippen LogP) is 3.32. The zero-order valence-corrected chi connectivity index (χ0v) is 8.41. The first-order chi connectivity index (χ1) is 6.79. The highest BCUT2D eigenvalue weighted by Gasteiger charge is 2.31. The van der Waals surface area contributed by atoms with Crippen molar-refractivity contribution in [2.75, 3.05) is 5.32 Å². The smallest absolute Gasteiger partial charge is 0.326 e. The number of amides is 1. The fourth-order valence-corrected chi connectivity index (χ4v) is 1.26. The number of alkyl halides is 3. The number of anilines is 1. The highest BCUT2D eigenvalue weighted by molar-refractivity contribution is 6.31. The molecule has 0 aliphatic heterocycles. The molecule has 1 N–H and O–H groups in total. The minimum Gasteiger partial charge on any atom is -0.326 e.